The standard InChI is InChI=1S/C49H33NOS/c1-49(2)40-19-7-5-14-35(40)37-17-9-20-41(46(37)49)50(42-21-10-18-38-36-15-6-8-23-44(36)52-48(38)42)32-27-24-31(25-28-32)33-16-11-22-43-45(33)39-29-26-30-12-3-4-13-34(30)47(39)51-43/h3-29H,1-2H3. The van der Waals surface area contributed by atoms with Gasteiger partial charge in [0.05, 0.1) is 16.1 Å². The normalized spacial score (nSPS) is 13.3. The molecule has 2 aromatic heterocycles. The van der Waals surface area contributed by atoms with Crippen LogP contribution < -0.4 is 4.90 Å². The largest absolute Gasteiger partial charge is 0.455 e. The summed E-state index contributed by atoms with van der Waals surface area (Å²) < 4.78 is 9.15. The minimum absolute atomic E-state index is 0.170. The van der Waals surface area contributed by atoms with E-state index in [1.54, 1.807) is 0 Å². The van der Waals surface area contributed by atoms with Gasteiger partial charge in [-0.1, -0.05) is 135 Å². The quantitative estimate of drug-likeness (QED) is 0.184. The van der Waals surface area contributed by atoms with Crippen molar-refractivity contribution in [2.24, 2.45) is 0 Å². The third kappa shape index (κ3) is 4.11. The van der Waals surface area contributed by atoms with Gasteiger partial charge < -0.3 is 9.32 Å². The van der Waals surface area contributed by atoms with Crippen molar-refractivity contribution < 1.29 is 4.42 Å². The molecule has 0 saturated carbocycles. The SMILES string of the molecule is CC1(C)c2ccccc2-c2cccc(N(c3ccc(-c4cccc5oc6c7ccccc7ccc6c45)cc3)c3cccc4c3sc3ccccc34)c21. The average molecular weight is 684 g/mol. The van der Waals surface area contributed by atoms with E-state index in [1.807, 2.05) is 11.3 Å². The van der Waals surface area contributed by atoms with Crippen LogP contribution in [0.3, 0.4) is 0 Å². The zero-order chi connectivity index (χ0) is 34.6. The highest BCUT2D eigenvalue weighted by Crippen LogP contribution is 2.55. The van der Waals surface area contributed by atoms with Crippen LogP contribution in [0.1, 0.15) is 25.0 Å². The Morgan fingerprint density at radius 3 is 2.12 bits per heavy atom. The molecule has 0 saturated heterocycles. The van der Waals surface area contributed by atoms with Crippen molar-refractivity contribution in [2.75, 3.05) is 4.90 Å². The number of rotatable bonds is 4. The molecule has 8 aromatic carbocycles. The molecule has 0 unspecified atom stereocenters. The Labute approximate surface area is 305 Å². The Bertz CT molecular complexity index is 3050. The van der Waals surface area contributed by atoms with Gasteiger partial charge >= 0.3 is 0 Å². The van der Waals surface area contributed by atoms with Gasteiger partial charge in [-0.05, 0) is 81.2 Å². The molecule has 0 spiro atoms. The molecular formula is C49H33NOS. The van der Waals surface area contributed by atoms with Crippen molar-refractivity contribution in [3.63, 3.8) is 0 Å². The second-order valence-corrected chi connectivity index (χ2v) is 15.5. The van der Waals surface area contributed by atoms with Crippen molar-refractivity contribution in [1.29, 1.82) is 0 Å². The maximum atomic E-state index is 6.55. The van der Waals surface area contributed by atoms with E-state index >= 15 is 0 Å². The number of thiophene rings is 1. The van der Waals surface area contributed by atoms with E-state index in [1.165, 1.54) is 64.8 Å². The van der Waals surface area contributed by atoms with Gasteiger partial charge in [0, 0.05) is 42.7 Å². The van der Waals surface area contributed by atoms with Crippen LogP contribution in [-0.4, -0.2) is 0 Å². The monoisotopic (exact) mass is 683 g/mol. The first-order valence-electron chi connectivity index (χ1n) is 17.9. The molecule has 2 nitrogen and oxygen atoms in total. The van der Waals surface area contributed by atoms with Crippen LogP contribution in [-0.2, 0) is 5.41 Å². The van der Waals surface area contributed by atoms with Gasteiger partial charge in [0.15, 0.2) is 0 Å². The zero-order valence-corrected chi connectivity index (χ0v) is 29.7. The van der Waals surface area contributed by atoms with Crippen LogP contribution >= 0.6 is 11.3 Å². The highest BCUT2D eigenvalue weighted by atomic mass is 32.1. The first-order valence-corrected chi connectivity index (χ1v) is 18.7. The fourth-order valence-corrected chi connectivity index (χ4v) is 10.1. The van der Waals surface area contributed by atoms with Gasteiger partial charge in [0.1, 0.15) is 11.2 Å². The second kappa shape index (κ2) is 10.9. The highest BCUT2D eigenvalue weighted by Gasteiger charge is 2.39. The molecule has 0 radical (unpaired) electrons. The molecule has 2 heterocycles. The molecular weight excluding hydrogens is 651 g/mol. The molecule has 246 valence electrons. The molecule has 0 N–H and O–H groups in total. The first kappa shape index (κ1) is 29.6. The molecule has 0 amide bonds. The summed E-state index contributed by atoms with van der Waals surface area (Å²) in [5.41, 5.74) is 12.9. The number of hydrogen-bond donors (Lipinski definition) is 0. The fourth-order valence-electron chi connectivity index (χ4n) is 8.91. The topological polar surface area (TPSA) is 16.4 Å². The lowest BCUT2D eigenvalue weighted by molar-refractivity contribution is 0.661. The lowest BCUT2D eigenvalue weighted by Gasteiger charge is -2.32. The number of fused-ring (bicyclic) bond motifs is 11. The maximum Gasteiger partial charge on any atom is 0.143 e. The number of hydrogen-bond acceptors (Lipinski definition) is 3. The van der Waals surface area contributed by atoms with E-state index in [2.05, 4.69) is 183 Å². The summed E-state index contributed by atoms with van der Waals surface area (Å²) in [6.07, 6.45) is 0. The van der Waals surface area contributed by atoms with E-state index in [0.29, 0.717) is 0 Å². The number of nitrogens with zero attached hydrogens (tertiary/aromatic N) is 1. The van der Waals surface area contributed by atoms with Crippen LogP contribution in [0, 0.1) is 0 Å². The van der Waals surface area contributed by atoms with Gasteiger partial charge in [-0.2, -0.15) is 0 Å². The molecule has 11 rings (SSSR count). The Balaban J connectivity index is 1.13. The lowest BCUT2D eigenvalue weighted by Crippen LogP contribution is -2.20. The Morgan fingerprint density at radius 2 is 1.21 bits per heavy atom. The smallest absolute Gasteiger partial charge is 0.143 e. The third-order valence-corrected chi connectivity index (χ3v) is 12.5. The van der Waals surface area contributed by atoms with Crippen LogP contribution in [0.15, 0.2) is 168 Å². The summed E-state index contributed by atoms with van der Waals surface area (Å²) in [4.78, 5) is 2.51. The summed E-state index contributed by atoms with van der Waals surface area (Å²) in [7, 11) is 0. The molecule has 0 bridgehead atoms. The van der Waals surface area contributed by atoms with E-state index < -0.39 is 0 Å². The Kier molecular flexibility index (Phi) is 6.21. The summed E-state index contributed by atoms with van der Waals surface area (Å²) in [6.45, 7) is 4.75. The van der Waals surface area contributed by atoms with Crippen molar-refractivity contribution in [3.05, 3.63) is 175 Å². The predicted molar refractivity (Wildman–Crippen MR) is 222 cm³/mol. The van der Waals surface area contributed by atoms with E-state index in [0.717, 1.165) is 38.6 Å². The Hall–Kier alpha value is -6.16. The number of furan rings is 1. The molecule has 3 heteroatoms. The van der Waals surface area contributed by atoms with Crippen molar-refractivity contribution >= 4 is 81.3 Å². The molecule has 1 aliphatic rings. The van der Waals surface area contributed by atoms with Crippen LogP contribution in [0.2, 0.25) is 0 Å². The molecule has 0 aliphatic heterocycles. The van der Waals surface area contributed by atoms with E-state index in [-0.39, 0.29) is 5.41 Å². The summed E-state index contributed by atoms with van der Waals surface area (Å²) in [5, 5.41) is 7.23. The van der Waals surface area contributed by atoms with Crippen LogP contribution in [0.4, 0.5) is 17.1 Å². The van der Waals surface area contributed by atoms with Gasteiger partial charge in [0.2, 0.25) is 0 Å². The summed E-state index contributed by atoms with van der Waals surface area (Å²) in [5.74, 6) is 0. The molecule has 0 atom stereocenters. The Morgan fingerprint density at radius 1 is 0.519 bits per heavy atom. The number of benzene rings is 8. The zero-order valence-electron chi connectivity index (χ0n) is 28.9. The lowest BCUT2D eigenvalue weighted by atomic mass is 9.81. The minimum Gasteiger partial charge on any atom is -0.455 e. The van der Waals surface area contributed by atoms with E-state index in [4.69, 9.17) is 4.42 Å². The highest BCUT2D eigenvalue weighted by molar-refractivity contribution is 7.26. The van der Waals surface area contributed by atoms with Gasteiger partial charge in [0.25, 0.3) is 0 Å². The molecule has 10 aromatic rings. The molecule has 0 fully saturated rings. The number of anilines is 3. The van der Waals surface area contributed by atoms with Crippen molar-refractivity contribution in [3.8, 4) is 22.3 Å². The van der Waals surface area contributed by atoms with Crippen molar-refractivity contribution in [2.45, 2.75) is 19.3 Å². The maximum absolute atomic E-state index is 6.55. The fraction of sp³-hybridized carbons (Fsp3) is 0.0612. The van der Waals surface area contributed by atoms with Crippen LogP contribution in [0.25, 0.3) is 75.1 Å². The average Bonchev–Trinajstić information content (AvgIpc) is 3.84. The van der Waals surface area contributed by atoms with Crippen molar-refractivity contribution in [1.82, 2.24) is 0 Å². The molecule has 1 aliphatic carbocycles. The van der Waals surface area contributed by atoms with E-state index in [9.17, 15) is 0 Å². The second-order valence-electron chi connectivity index (χ2n) is 14.4. The minimum atomic E-state index is -0.170. The molecule has 52 heavy (non-hydrogen) atoms. The summed E-state index contributed by atoms with van der Waals surface area (Å²) in [6, 6.07) is 59.8. The summed E-state index contributed by atoms with van der Waals surface area (Å²) >= 11 is 1.88. The van der Waals surface area contributed by atoms with Crippen LogP contribution in [0.5, 0.6) is 0 Å². The van der Waals surface area contributed by atoms with Gasteiger partial charge in [-0.15, -0.1) is 11.3 Å². The predicted octanol–water partition coefficient (Wildman–Crippen LogP) is 14.6. The first-order chi connectivity index (χ1) is 25.6. The van der Waals surface area contributed by atoms with Gasteiger partial charge in [-0.25, -0.2) is 0 Å². The van der Waals surface area contributed by atoms with Gasteiger partial charge in [-0.3, -0.25) is 0 Å². The third-order valence-electron chi connectivity index (χ3n) is 11.2.